The van der Waals surface area contributed by atoms with Crippen LogP contribution in [0.5, 0.6) is 0 Å². The van der Waals surface area contributed by atoms with Crippen LogP contribution in [0.4, 0.5) is 0 Å². The van der Waals surface area contributed by atoms with Crippen LogP contribution in [0.3, 0.4) is 0 Å². The summed E-state index contributed by atoms with van der Waals surface area (Å²) >= 11 is 0. The number of aromatic nitrogens is 2. The smallest absolute Gasteiger partial charge is 0.223 e. The van der Waals surface area contributed by atoms with Crippen molar-refractivity contribution in [2.45, 2.75) is 32.2 Å². The van der Waals surface area contributed by atoms with Gasteiger partial charge in [0.15, 0.2) is 0 Å². The van der Waals surface area contributed by atoms with Crippen molar-refractivity contribution in [1.29, 1.82) is 0 Å². The molecule has 3 rings (SSSR count). The zero-order valence-electron chi connectivity index (χ0n) is 13.3. The fourth-order valence-corrected chi connectivity index (χ4v) is 3.23. The normalized spacial score (nSPS) is 18.5. The minimum absolute atomic E-state index is 0.184. The van der Waals surface area contributed by atoms with Gasteiger partial charge in [-0.1, -0.05) is 19.1 Å². The molecule has 0 saturated carbocycles. The van der Waals surface area contributed by atoms with Gasteiger partial charge in [0.05, 0.1) is 17.6 Å². The Kier molecular flexibility index (Phi) is 4.43. The van der Waals surface area contributed by atoms with Crippen LogP contribution in [0.2, 0.25) is 0 Å². The molecule has 22 heavy (non-hydrogen) atoms. The number of aryl methyl sites for hydroxylation is 1. The summed E-state index contributed by atoms with van der Waals surface area (Å²) in [6.45, 7) is 5.11. The summed E-state index contributed by atoms with van der Waals surface area (Å²) in [6, 6.07) is 8.22. The highest BCUT2D eigenvalue weighted by atomic mass is 16.5. The number of rotatable bonds is 6. The first-order chi connectivity index (χ1) is 10.7. The fourth-order valence-electron chi connectivity index (χ4n) is 3.23. The maximum atomic E-state index is 12.2. The molecule has 0 N–H and O–H groups in total. The Labute approximate surface area is 130 Å². The molecule has 0 spiro atoms. The lowest BCUT2D eigenvalue weighted by molar-refractivity contribution is -0.128. The average Bonchev–Trinajstić information content (AvgIpc) is 3.07. The lowest BCUT2D eigenvalue weighted by atomic mass is 10.1. The second-order valence-electron chi connectivity index (χ2n) is 5.84. The molecule has 1 fully saturated rings. The second kappa shape index (κ2) is 6.48. The molecule has 2 aromatic rings. The van der Waals surface area contributed by atoms with Crippen LogP contribution in [-0.2, 0) is 16.1 Å². The van der Waals surface area contributed by atoms with Crippen molar-refractivity contribution < 1.29 is 9.53 Å². The quantitative estimate of drug-likeness (QED) is 0.823. The molecule has 0 radical (unpaired) electrons. The predicted octanol–water partition coefficient (Wildman–Crippen LogP) is 2.41. The van der Waals surface area contributed by atoms with Crippen molar-refractivity contribution >= 4 is 16.9 Å². The number of nitrogens with zero attached hydrogens (tertiary/aromatic N) is 3. The van der Waals surface area contributed by atoms with E-state index in [-0.39, 0.29) is 11.8 Å². The van der Waals surface area contributed by atoms with E-state index in [1.807, 2.05) is 23.1 Å². The molecule has 2 heterocycles. The van der Waals surface area contributed by atoms with E-state index >= 15 is 0 Å². The molecule has 0 bridgehead atoms. The zero-order valence-corrected chi connectivity index (χ0v) is 13.3. The first kappa shape index (κ1) is 15.0. The number of imidazole rings is 1. The van der Waals surface area contributed by atoms with Gasteiger partial charge in [-0.05, 0) is 18.6 Å². The number of likely N-dealkylation sites (tertiary alicyclic amines) is 1. The van der Waals surface area contributed by atoms with Crippen molar-refractivity contribution in [1.82, 2.24) is 14.5 Å². The molecule has 5 nitrogen and oxygen atoms in total. The number of carbonyl (C=O) groups is 1. The Morgan fingerprint density at radius 2 is 2.14 bits per heavy atom. The van der Waals surface area contributed by atoms with E-state index in [4.69, 9.17) is 9.72 Å². The number of hydrogen-bond acceptors (Lipinski definition) is 3. The zero-order chi connectivity index (χ0) is 15.5. The minimum atomic E-state index is 0.184. The molecule has 1 atom stereocenters. The molecule has 118 valence electrons. The largest absolute Gasteiger partial charge is 0.383 e. The Hall–Kier alpha value is -1.88. The number of amides is 1. The Balaban J connectivity index is 1.90. The van der Waals surface area contributed by atoms with E-state index in [1.54, 1.807) is 7.11 Å². The Bertz CT molecular complexity index is 665. The summed E-state index contributed by atoms with van der Waals surface area (Å²) in [5.41, 5.74) is 2.19. The van der Waals surface area contributed by atoms with Crippen molar-refractivity contribution in [3.63, 3.8) is 0 Å². The molecule has 5 heteroatoms. The molecule has 1 amide bonds. The number of carbonyl (C=O) groups excluding carboxylic acids is 1. The van der Waals surface area contributed by atoms with Gasteiger partial charge < -0.3 is 14.2 Å². The third-order valence-electron chi connectivity index (χ3n) is 4.28. The van der Waals surface area contributed by atoms with Gasteiger partial charge in [0.2, 0.25) is 5.91 Å². The molecule has 1 aliphatic heterocycles. The van der Waals surface area contributed by atoms with E-state index < -0.39 is 0 Å². The SMILES string of the molecule is CCCn1c([C@H]2CC(=O)N(CCOC)C2)nc2ccccc21. The van der Waals surface area contributed by atoms with Gasteiger partial charge in [-0.15, -0.1) is 0 Å². The third-order valence-corrected chi connectivity index (χ3v) is 4.28. The molecule has 1 aromatic carbocycles. The Morgan fingerprint density at radius 1 is 1.32 bits per heavy atom. The van der Waals surface area contributed by atoms with Crippen LogP contribution in [0, 0.1) is 0 Å². The maximum absolute atomic E-state index is 12.2. The van der Waals surface area contributed by atoms with Gasteiger partial charge >= 0.3 is 0 Å². The van der Waals surface area contributed by atoms with E-state index in [1.165, 1.54) is 5.52 Å². The highest BCUT2D eigenvalue weighted by molar-refractivity contribution is 5.80. The van der Waals surface area contributed by atoms with Crippen molar-refractivity contribution in [3.8, 4) is 0 Å². The van der Waals surface area contributed by atoms with Gasteiger partial charge in [0, 0.05) is 39.1 Å². The van der Waals surface area contributed by atoms with Gasteiger partial charge in [0.25, 0.3) is 0 Å². The highest BCUT2D eigenvalue weighted by Crippen LogP contribution is 2.30. The lowest BCUT2D eigenvalue weighted by Crippen LogP contribution is -2.28. The number of fused-ring (bicyclic) bond motifs is 1. The van der Waals surface area contributed by atoms with E-state index in [0.29, 0.717) is 19.6 Å². The van der Waals surface area contributed by atoms with E-state index in [0.717, 1.165) is 30.9 Å². The Morgan fingerprint density at radius 3 is 2.91 bits per heavy atom. The monoisotopic (exact) mass is 301 g/mol. The third kappa shape index (κ3) is 2.73. The van der Waals surface area contributed by atoms with Crippen molar-refractivity contribution in [2.75, 3.05) is 26.8 Å². The van der Waals surface area contributed by atoms with Crippen LogP contribution in [0.15, 0.2) is 24.3 Å². The summed E-state index contributed by atoms with van der Waals surface area (Å²) in [6.07, 6.45) is 1.61. The van der Waals surface area contributed by atoms with Gasteiger partial charge in [-0.3, -0.25) is 4.79 Å². The van der Waals surface area contributed by atoms with Gasteiger partial charge in [-0.25, -0.2) is 4.98 Å². The van der Waals surface area contributed by atoms with Crippen LogP contribution in [-0.4, -0.2) is 47.2 Å². The standard InChI is InChI=1S/C17H23N3O2/c1-3-8-20-15-7-5-4-6-14(15)18-17(20)13-11-16(21)19(12-13)9-10-22-2/h4-7,13H,3,8-12H2,1-2H3/t13-/m0/s1. The average molecular weight is 301 g/mol. The molecule has 1 aromatic heterocycles. The molecule has 0 unspecified atom stereocenters. The summed E-state index contributed by atoms with van der Waals surface area (Å²) < 4.78 is 7.37. The topological polar surface area (TPSA) is 47.4 Å². The molecular formula is C17H23N3O2. The number of hydrogen-bond donors (Lipinski definition) is 0. The molecular weight excluding hydrogens is 278 g/mol. The van der Waals surface area contributed by atoms with Crippen molar-refractivity contribution in [3.05, 3.63) is 30.1 Å². The number of ether oxygens (including phenoxy) is 1. The summed E-state index contributed by atoms with van der Waals surface area (Å²) in [5.74, 6) is 1.44. The van der Waals surface area contributed by atoms with Crippen molar-refractivity contribution in [2.24, 2.45) is 0 Å². The van der Waals surface area contributed by atoms with Crippen LogP contribution in [0.1, 0.15) is 31.5 Å². The summed E-state index contributed by atoms with van der Waals surface area (Å²) in [7, 11) is 1.67. The molecule has 1 aliphatic rings. The predicted molar refractivity (Wildman–Crippen MR) is 85.8 cm³/mol. The number of methoxy groups -OCH3 is 1. The first-order valence-corrected chi connectivity index (χ1v) is 7.96. The van der Waals surface area contributed by atoms with E-state index in [9.17, 15) is 4.79 Å². The lowest BCUT2D eigenvalue weighted by Gasteiger charge is -2.16. The first-order valence-electron chi connectivity index (χ1n) is 7.96. The highest BCUT2D eigenvalue weighted by Gasteiger charge is 2.33. The number of benzene rings is 1. The summed E-state index contributed by atoms with van der Waals surface area (Å²) in [5, 5.41) is 0. The fraction of sp³-hybridized carbons (Fsp3) is 0.529. The maximum Gasteiger partial charge on any atom is 0.223 e. The minimum Gasteiger partial charge on any atom is -0.383 e. The number of para-hydroxylation sites is 2. The van der Waals surface area contributed by atoms with E-state index in [2.05, 4.69) is 17.6 Å². The van der Waals surface area contributed by atoms with Gasteiger partial charge in [0.1, 0.15) is 5.82 Å². The second-order valence-corrected chi connectivity index (χ2v) is 5.84. The van der Waals surface area contributed by atoms with Crippen LogP contribution < -0.4 is 0 Å². The molecule has 0 aliphatic carbocycles. The van der Waals surface area contributed by atoms with Crippen LogP contribution >= 0.6 is 0 Å². The summed E-state index contributed by atoms with van der Waals surface area (Å²) in [4.78, 5) is 18.9. The van der Waals surface area contributed by atoms with Gasteiger partial charge in [-0.2, -0.15) is 0 Å². The molecule has 1 saturated heterocycles. The van der Waals surface area contributed by atoms with Crippen LogP contribution in [0.25, 0.3) is 11.0 Å².